The number of nitrogens with one attached hydrogen (secondary N) is 1. The normalized spacial score (nSPS) is 10.1. The van der Waals surface area contributed by atoms with Crippen LogP contribution < -0.4 is 15.8 Å². The topological polar surface area (TPSA) is 102 Å². The Morgan fingerprint density at radius 1 is 1.22 bits per heavy atom. The van der Waals surface area contributed by atoms with Gasteiger partial charge in [0.15, 0.2) is 0 Å². The van der Waals surface area contributed by atoms with Crippen LogP contribution in [0.1, 0.15) is 15.9 Å². The molecule has 0 bridgehead atoms. The van der Waals surface area contributed by atoms with Crippen molar-refractivity contribution in [2.24, 2.45) is 5.73 Å². The molecule has 23 heavy (non-hydrogen) atoms. The molecular weight excluding hydrogens is 296 g/mol. The summed E-state index contributed by atoms with van der Waals surface area (Å²) in [4.78, 5) is 21.6. The minimum atomic E-state index is -1.07. The fourth-order valence-corrected chi connectivity index (χ4v) is 2.22. The van der Waals surface area contributed by atoms with Gasteiger partial charge in [-0.25, -0.2) is 4.79 Å². The van der Waals surface area contributed by atoms with Gasteiger partial charge in [0.05, 0.1) is 6.54 Å². The van der Waals surface area contributed by atoms with E-state index in [2.05, 4.69) is 5.32 Å². The molecule has 0 aromatic heterocycles. The molecule has 2 amide bonds. The first-order valence-corrected chi connectivity index (χ1v) is 7.08. The van der Waals surface area contributed by atoms with Gasteiger partial charge in [0, 0.05) is 5.56 Å². The van der Waals surface area contributed by atoms with Crippen LogP contribution in [0.3, 0.4) is 0 Å². The van der Waals surface area contributed by atoms with Gasteiger partial charge in [-0.05, 0) is 47.9 Å². The number of hydrogen-bond donors (Lipinski definition) is 3. The van der Waals surface area contributed by atoms with Crippen LogP contribution in [-0.4, -0.2) is 30.3 Å². The Balaban J connectivity index is 2.11. The average molecular weight is 314 g/mol. The number of benzene rings is 2. The lowest BCUT2D eigenvalue weighted by Crippen LogP contribution is -2.26. The highest BCUT2D eigenvalue weighted by Crippen LogP contribution is 2.27. The molecule has 2 aromatic carbocycles. The minimum absolute atomic E-state index is 0.219. The number of amides is 2. The molecule has 6 heteroatoms. The molecule has 0 saturated heterocycles. The van der Waals surface area contributed by atoms with Crippen molar-refractivity contribution < 1.29 is 19.4 Å². The standard InChI is InChI=1S/C17H18N2O4/c1-11-9-14(23-8-7-19-17(21)22)5-6-15(11)12-3-2-4-13(10-12)16(18)20/h2-6,9-10,19H,7-8H2,1H3,(H2,18,20)(H,21,22). The number of carboxylic acid groups (broad SMARTS) is 1. The van der Waals surface area contributed by atoms with Crippen LogP contribution in [-0.2, 0) is 0 Å². The highest BCUT2D eigenvalue weighted by Gasteiger charge is 2.07. The summed E-state index contributed by atoms with van der Waals surface area (Å²) in [7, 11) is 0. The Labute approximate surface area is 133 Å². The molecule has 2 aromatic rings. The van der Waals surface area contributed by atoms with Crippen LogP contribution in [0.5, 0.6) is 5.75 Å². The fourth-order valence-electron chi connectivity index (χ4n) is 2.22. The second kappa shape index (κ2) is 7.31. The van der Waals surface area contributed by atoms with Crippen LogP contribution in [0.2, 0.25) is 0 Å². The quantitative estimate of drug-likeness (QED) is 0.712. The van der Waals surface area contributed by atoms with E-state index in [0.717, 1.165) is 16.7 Å². The summed E-state index contributed by atoms with van der Waals surface area (Å²) in [6.45, 7) is 2.41. The van der Waals surface area contributed by atoms with Crippen LogP contribution in [0.25, 0.3) is 11.1 Å². The number of aryl methyl sites for hydroxylation is 1. The van der Waals surface area contributed by atoms with E-state index in [1.54, 1.807) is 24.3 Å². The Morgan fingerprint density at radius 2 is 2.00 bits per heavy atom. The third kappa shape index (κ3) is 4.47. The smallest absolute Gasteiger partial charge is 0.404 e. The van der Waals surface area contributed by atoms with Crippen molar-refractivity contribution in [3.8, 4) is 16.9 Å². The van der Waals surface area contributed by atoms with Crippen molar-refractivity contribution in [3.63, 3.8) is 0 Å². The van der Waals surface area contributed by atoms with Gasteiger partial charge in [-0.2, -0.15) is 0 Å². The fraction of sp³-hybridized carbons (Fsp3) is 0.176. The number of carbonyl (C=O) groups excluding carboxylic acids is 1. The number of rotatable bonds is 6. The molecule has 0 heterocycles. The number of nitrogens with two attached hydrogens (primary N) is 1. The van der Waals surface area contributed by atoms with Crippen LogP contribution >= 0.6 is 0 Å². The Kier molecular flexibility index (Phi) is 5.19. The van der Waals surface area contributed by atoms with Crippen molar-refractivity contribution in [2.75, 3.05) is 13.2 Å². The van der Waals surface area contributed by atoms with E-state index >= 15 is 0 Å². The number of ether oxygens (including phenoxy) is 1. The summed E-state index contributed by atoms with van der Waals surface area (Å²) >= 11 is 0. The predicted octanol–water partition coefficient (Wildman–Crippen LogP) is 2.41. The molecule has 0 fully saturated rings. The number of primary amides is 1. The van der Waals surface area contributed by atoms with E-state index in [1.807, 2.05) is 25.1 Å². The lowest BCUT2D eigenvalue weighted by Gasteiger charge is -2.11. The first-order valence-electron chi connectivity index (χ1n) is 7.08. The summed E-state index contributed by atoms with van der Waals surface area (Å²) in [6, 6.07) is 12.7. The molecule has 0 atom stereocenters. The lowest BCUT2D eigenvalue weighted by atomic mass is 9.98. The maximum Gasteiger partial charge on any atom is 0.404 e. The summed E-state index contributed by atoms with van der Waals surface area (Å²) in [5.74, 6) is 0.194. The number of hydrogen-bond acceptors (Lipinski definition) is 3. The van der Waals surface area contributed by atoms with Crippen molar-refractivity contribution in [1.29, 1.82) is 0 Å². The second-order valence-corrected chi connectivity index (χ2v) is 5.00. The molecule has 0 unspecified atom stereocenters. The second-order valence-electron chi connectivity index (χ2n) is 5.00. The maximum atomic E-state index is 11.3. The first kappa shape index (κ1) is 16.4. The summed E-state index contributed by atoms with van der Waals surface area (Å²) in [5.41, 5.74) is 8.62. The van der Waals surface area contributed by atoms with Gasteiger partial charge in [-0.1, -0.05) is 18.2 Å². The van der Waals surface area contributed by atoms with Crippen molar-refractivity contribution >= 4 is 12.0 Å². The molecular formula is C17H18N2O4. The Bertz CT molecular complexity index is 728. The summed E-state index contributed by atoms with van der Waals surface area (Å²) < 4.78 is 5.49. The lowest BCUT2D eigenvalue weighted by molar-refractivity contribution is 0.1000. The zero-order valence-corrected chi connectivity index (χ0v) is 12.7. The predicted molar refractivity (Wildman–Crippen MR) is 86.7 cm³/mol. The van der Waals surface area contributed by atoms with E-state index < -0.39 is 12.0 Å². The van der Waals surface area contributed by atoms with Gasteiger partial charge >= 0.3 is 6.09 Å². The van der Waals surface area contributed by atoms with Crippen molar-refractivity contribution in [2.45, 2.75) is 6.92 Å². The molecule has 0 saturated carbocycles. The summed E-state index contributed by atoms with van der Waals surface area (Å²) in [6.07, 6.45) is -1.07. The molecule has 0 aliphatic carbocycles. The largest absolute Gasteiger partial charge is 0.492 e. The van der Waals surface area contributed by atoms with Gasteiger partial charge in [0.25, 0.3) is 0 Å². The third-order valence-electron chi connectivity index (χ3n) is 3.30. The monoisotopic (exact) mass is 314 g/mol. The zero-order valence-electron chi connectivity index (χ0n) is 12.7. The Morgan fingerprint density at radius 3 is 2.65 bits per heavy atom. The van der Waals surface area contributed by atoms with Crippen molar-refractivity contribution in [1.82, 2.24) is 5.32 Å². The molecule has 4 N–H and O–H groups in total. The van der Waals surface area contributed by atoms with Gasteiger partial charge in [-0.3, -0.25) is 4.79 Å². The van der Waals surface area contributed by atoms with Gasteiger partial charge < -0.3 is 20.9 Å². The molecule has 0 radical (unpaired) electrons. The van der Waals surface area contributed by atoms with E-state index in [9.17, 15) is 9.59 Å². The minimum Gasteiger partial charge on any atom is -0.492 e. The maximum absolute atomic E-state index is 11.3. The zero-order chi connectivity index (χ0) is 16.8. The molecule has 0 aliphatic heterocycles. The van der Waals surface area contributed by atoms with Gasteiger partial charge in [0.2, 0.25) is 5.91 Å². The molecule has 0 spiro atoms. The van der Waals surface area contributed by atoms with E-state index in [1.165, 1.54) is 0 Å². The molecule has 0 aliphatic rings. The first-order chi connectivity index (χ1) is 11.0. The molecule has 6 nitrogen and oxygen atoms in total. The number of carbonyl (C=O) groups is 2. The highest BCUT2D eigenvalue weighted by atomic mass is 16.5. The van der Waals surface area contributed by atoms with Crippen LogP contribution in [0.4, 0.5) is 4.79 Å². The van der Waals surface area contributed by atoms with Crippen LogP contribution in [0.15, 0.2) is 42.5 Å². The van der Waals surface area contributed by atoms with Crippen molar-refractivity contribution in [3.05, 3.63) is 53.6 Å². The van der Waals surface area contributed by atoms with E-state index in [0.29, 0.717) is 11.3 Å². The third-order valence-corrected chi connectivity index (χ3v) is 3.30. The Hall–Kier alpha value is -3.02. The SMILES string of the molecule is Cc1cc(OCCNC(=O)O)ccc1-c1cccc(C(N)=O)c1. The summed E-state index contributed by atoms with van der Waals surface area (Å²) in [5, 5.41) is 10.7. The van der Waals surface area contributed by atoms with Gasteiger partial charge in [0.1, 0.15) is 12.4 Å². The average Bonchev–Trinajstić information content (AvgIpc) is 2.51. The van der Waals surface area contributed by atoms with Gasteiger partial charge in [-0.15, -0.1) is 0 Å². The van der Waals surface area contributed by atoms with E-state index in [-0.39, 0.29) is 13.2 Å². The molecule has 120 valence electrons. The highest BCUT2D eigenvalue weighted by molar-refractivity contribution is 5.94. The molecule has 2 rings (SSSR count). The van der Waals surface area contributed by atoms with Crippen LogP contribution in [0, 0.1) is 6.92 Å². The van der Waals surface area contributed by atoms with E-state index in [4.69, 9.17) is 15.6 Å².